The first-order chi connectivity index (χ1) is 13.0. The minimum Gasteiger partial charge on any atom is -0.341 e. The number of sulfonamides is 1. The molecule has 0 aromatic heterocycles. The Morgan fingerprint density at radius 2 is 1.37 bits per heavy atom. The second-order valence-corrected chi connectivity index (χ2v) is 7.85. The lowest BCUT2D eigenvalue weighted by Gasteiger charge is -2.20. The summed E-state index contributed by atoms with van der Waals surface area (Å²) >= 11 is 0. The number of hydrogen-bond donors (Lipinski definition) is 2. The molecular formula is C21H20N2O3S. The van der Waals surface area contributed by atoms with E-state index in [-0.39, 0.29) is 22.4 Å². The second kappa shape index (κ2) is 8.16. The van der Waals surface area contributed by atoms with Gasteiger partial charge in [0.2, 0.25) is 10.0 Å². The quantitative estimate of drug-likeness (QED) is 0.690. The Morgan fingerprint density at radius 1 is 0.815 bits per heavy atom. The monoisotopic (exact) mass is 380 g/mol. The van der Waals surface area contributed by atoms with Crippen molar-refractivity contribution in [3.8, 4) is 0 Å². The molecule has 0 aliphatic carbocycles. The third-order valence-corrected chi connectivity index (χ3v) is 5.63. The molecule has 0 saturated carbocycles. The summed E-state index contributed by atoms with van der Waals surface area (Å²) in [5.74, 6) is -0.346. The fraction of sp³-hybridized carbons (Fsp3) is 0.0952. The predicted octanol–water partition coefficient (Wildman–Crippen LogP) is 3.11. The number of hydrogen-bond acceptors (Lipinski definition) is 3. The fourth-order valence-corrected chi connectivity index (χ4v) is 3.56. The lowest BCUT2D eigenvalue weighted by Crippen LogP contribution is -2.29. The standard InChI is InChI=1S/C21H20N2O3S/c1-22-27(25,26)19-14-8-13-18(15-19)21(24)23-20(16-9-4-2-5-10-16)17-11-6-3-7-12-17/h2-15,20,22H,1H3,(H,23,24). The molecule has 0 atom stereocenters. The molecule has 0 unspecified atom stereocenters. The molecule has 0 bridgehead atoms. The van der Waals surface area contributed by atoms with Gasteiger partial charge in [0, 0.05) is 5.56 Å². The molecule has 0 fully saturated rings. The Kier molecular flexibility index (Phi) is 5.69. The van der Waals surface area contributed by atoms with Crippen LogP contribution in [0.1, 0.15) is 27.5 Å². The molecule has 0 saturated heterocycles. The summed E-state index contributed by atoms with van der Waals surface area (Å²) in [5.41, 5.74) is 2.16. The summed E-state index contributed by atoms with van der Waals surface area (Å²) in [7, 11) is -2.28. The third kappa shape index (κ3) is 4.42. The average molecular weight is 380 g/mol. The van der Waals surface area contributed by atoms with E-state index in [9.17, 15) is 13.2 Å². The van der Waals surface area contributed by atoms with Crippen LogP contribution in [0, 0.1) is 0 Å². The van der Waals surface area contributed by atoms with Gasteiger partial charge in [-0.3, -0.25) is 4.79 Å². The Bertz CT molecular complexity index is 980. The zero-order valence-electron chi connectivity index (χ0n) is 14.8. The molecule has 6 heteroatoms. The maximum absolute atomic E-state index is 12.8. The summed E-state index contributed by atoms with van der Waals surface area (Å²) in [6.07, 6.45) is 0. The highest BCUT2D eigenvalue weighted by Crippen LogP contribution is 2.22. The molecule has 27 heavy (non-hydrogen) atoms. The Morgan fingerprint density at radius 3 is 1.89 bits per heavy atom. The lowest BCUT2D eigenvalue weighted by atomic mass is 9.98. The predicted molar refractivity (Wildman–Crippen MR) is 105 cm³/mol. The van der Waals surface area contributed by atoms with Gasteiger partial charge in [-0.25, -0.2) is 13.1 Å². The van der Waals surface area contributed by atoms with Gasteiger partial charge in [0.05, 0.1) is 10.9 Å². The summed E-state index contributed by atoms with van der Waals surface area (Å²) in [4.78, 5) is 12.9. The Labute approximate surface area is 159 Å². The summed E-state index contributed by atoms with van der Waals surface area (Å²) in [5, 5.41) is 3.01. The van der Waals surface area contributed by atoms with Crippen LogP contribution in [0.3, 0.4) is 0 Å². The van der Waals surface area contributed by atoms with Crippen LogP contribution >= 0.6 is 0 Å². The van der Waals surface area contributed by atoms with E-state index in [2.05, 4.69) is 10.0 Å². The summed E-state index contributed by atoms with van der Waals surface area (Å²) in [6.45, 7) is 0. The molecule has 0 heterocycles. The zero-order valence-corrected chi connectivity index (χ0v) is 15.6. The molecule has 0 aliphatic rings. The normalized spacial score (nSPS) is 11.3. The van der Waals surface area contributed by atoms with E-state index in [0.717, 1.165) is 11.1 Å². The van der Waals surface area contributed by atoms with Crippen molar-refractivity contribution in [3.63, 3.8) is 0 Å². The number of amides is 1. The van der Waals surface area contributed by atoms with Crippen molar-refractivity contribution in [2.45, 2.75) is 10.9 Å². The van der Waals surface area contributed by atoms with E-state index in [1.165, 1.54) is 19.2 Å². The van der Waals surface area contributed by atoms with Gasteiger partial charge < -0.3 is 5.32 Å². The van der Waals surface area contributed by atoms with Crippen LogP contribution in [-0.2, 0) is 10.0 Å². The van der Waals surface area contributed by atoms with Gasteiger partial charge in [-0.15, -0.1) is 0 Å². The second-order valence-electron chi connectivity index (χ2n) is 5.96. The fourth-order valence-electron chi connectivity index (χ4n) is 2.79. The molecule has 1 amide bonds. The van der Waals surface area contributed by atoms with Crippen molar-refractivity contribution in [3.05, 3.63) is 102 Å². The molecule has 3 rings (SSSR count). The first-order valence-electron chi connectivity index (χ1n) is 8.45. The number of nitrogens with one attached hydrogen (secondary N) is 2. The first-order valence-corrected chi connectivity index (χ1v) is 9.94. The topological polar surface area (TPSA) is 75.3 Å². The van der Waals surface area contributed by atoms with E-state index in [1.54, 1.807) is 12.1 Å². The van der Waals surface area contributed by atoms with Gasteiger partial charge in [0.25, 0.3) is 5.91 Å². The molecule has 2 N–H and O–H groups in total. The zero-order chi connectivity index (χ0) is 19.3. The molecule has 3 aromatic carbocycles. The van der Waals surface area contributed by atoms with E-state index in [1.807, 2.05) is 60.7 Å². The molecule has 5 nitrogen and oxygen atoms in total. The van der Waals surface area contributed by atoms with Gasteiger partial charge in [-0.2, -0.15) is 0 Å². The van der Waals surface area contributed by atoms with Crippen LogP contribution in [0.25, 0.3) is 0 Å². The SMILES string of the molecule is CNS(=O)(=O)c1cccc(C(=O)NC(c2ccccc2)c2ccccc2)c1. The largest absolute Gasteiger partial charge is 0.341 e. The van der Waals surface area contributed by atoms with Crippen molar-refractivity contribution in [2.24, 2.45) is 0 Å². The average Bonchev–Trinajstić information content (AvgIpc) is 2.73. The van der Waals surface area contributed by atoms with E-state index >= 15 is 0 Å². The van der Waals surface area contributed by atoms with Crippen LogP contribution in [-0.4, -0.2) is 21.4 Å². The number of benzene rings is 3. The molecule has 3 aromatic rings. The maximum atomic E-state index is 12.8. The maximum Gasteiger partial charge on any atom is 0.252 e. The number of carbonyl (C=O) groups is 1. The molecular weight excluding hydrogens is 360 g/mol. The minimum atomic E-state index is -3.62. The van der Waals surface area contributed by atoms with Gasteiger partial charge in [-0.1, -0.05) is 66.7 Å². The molecule has 138 valence electrons. The van der Waals surface area contributed by atoms with Crippen molar-refractivity contribution in [1.29, 1.82) is 0 Å². The number of rotatable bonds is 6. The third-order valence-electron chi connectivity index (χ3n) is 4.22. The molecule has 0 radical (unpaired) electrons. The van der Waals surface area contributed by atoms with Gasteiger partial charge >= 0.3 is 0 Å². The van der Waals surface area contributed by atoms with Gasteiger partial charge in [0.1, 0.15) is 0 Å². The van der Waals surface area contributed by atoms with Crippen LogP contribution in [0.2, 0.25) is 0 Å². The minimum absolute atomic E-state index is 0.0497. The summed E-state index contributed by atoms with van der Waals surface area (Å²) in [6, 6.07) is 24.9. The van der Waals surface area contributed by atoms with Crippen LogP contribution in [0.5, 0.6) is 0 Å². The van der Waals surface area contributed by atoms with Crippen LogP contribution in [0.4, 0.5) is 0 Å². The van der Waals surface area contributed by atoms with Crippen LogP contribution in [0.15, 0.2) is 89.8 Å². The Hall–Kier alpha value is -2.96. The van der Waals surface area contributed by atoms with E-state index < -0.39 is 10.0 Å². The van der Waals surface area contributed by atoms with E-state index in [4.69, 9.17) is 0 Å². The highest BCUT2D eigenvalue weighted by molar-refractivity contribution is 7.89. The highest BCUT2D eigenvalue weighted by Gasteiger charge is 2.19. The van der Waals surface area contributed by atoms with Crippen molar-refractivity contribution < 1.29 is 13.2 Å². The van der Waals surface area contributed by atoms with Gasteiger partial charge in [0.15, 0.2) is 0 Å². The van der Waals surface area contributed by atoms with Crippen molar-refractivity contribution in [1.82, 2.24) is 10.0 Å². The smallest absolute Gasteiger partial charge is 0.252 e. The van der Waals surface area contributed by atoms with E-state index in [0.29, 0.717) is 0 Å². The molecule has 0 aliphatic heterocycles. The van der Waals surface area contributed by atoms with Crippen molar-refractivity contribution in [2.75, 3.05) is 7.05 Å². The van der Waals surface area contributed by atoms with Crippen LogP contribution < -0.4 is 10.0 Å². The highest BCUT2D eigenvalue weighted by atomic mass is 32.2. The molecule has 0 spiro atoms. The van der Waals surface area contributed by atoms with Crippen molar-refractivity contribution >= 4 is 15.9 Å². The summed E-state index contributed by atoms with van der Waals surface area (Å²) < 4.78 is 26.3. The Balaban J connectivity index is 1.93. The lowest BCUT2D eigenvalue weighted by molar-refractivity contribution is 0.0942. The first kappa shape index (κ1) is 18.8. The number of carbonyl (C=O) groups excluding carboxylic acids is 1. The van der Waals surface area contributed by atoms with Gasteiger partial charge in [-0.05, 0) is 36.4 Å².